The van der Waals surface area contributed by atoms with Gasteiger partial charge >= 0.3 is 5.97 Å². The normalized spacial score (nSPS) is 15.1. The van der Waals surface area contributed by atoms with Gasteiger partial charge in [0.1, 0.15) is 6.04 Å². The Labute approximate surface area is 142 Å². The number of thiophene rings is 1. The van der Waals surface area contributed by atoms with Crippen LogP contribution in [0.25, 0.3) is 0 Å². The number of carbonyl (C=O) groups excluding carboxylic acids is 1. The molecule has 3 rings (SSSR count). The molecule has 124 valence electrons. The number of hydrogen-bond donors (Lipinski definition) is 0. The number of rotatable bonds is 3. The summed E-state index contributed by atoms with van der Waals surface area (Å²) in [5.74, 6) is -0.184. The van der Waals surface area contributed by atoms with E-state index in [4.69, 9.17) is 4.74 Å². The molecule has 1 aromatic carbocycles. The molecular formula is C19H25NO2S. The van der Waals surface area contributed by atoms with Crippen molar-refractivity contribution in [2.75, 3.05) is 13.7 Å². The molecule has 0 saturated carbocycles. The van der Waals surface area contributed by atoms with Crippen molar-refractivity contribution in [3.05, 3.63) is 57.3 Å². The van der Waals surface area contributed by atoms with Gasteiger partial charge in [-0.3, -0.25) is 4.90 Å². The molecule has 3 nitrogen and oxygen atoms in total. The lowest BCUT2D eigenvalue weighted by Crippen LogP contribution is -2.38. The summed E-state index contributed by atoms with van der Waals surface area (Å²) in [7, 11) is 1.46. The highest BCUT2D eigenvalue weighted by Gasteiger charge is 2.31. The van der Waals surface area contributed by atoms with Gasteiger partial charge in [-0.25, -0.2) is 4.79 Å². The molecule has 0 unspecified atom stereocenters. The molecule has 1 aliphatic heterocycles. The highest BCUT2D eigenvalue weighted by atomic mass is 32.1. The Morgan fingerprint density at radius 2 is 1.96 bits per heavy atom. The second-order valence-electron chi connectivity index (χ2n) is 5.36. The maximum atomic E-state index is 12.3. The van der Waals surface area contributed by atoms with Crippen molar-refractivity contribution in [1.82, 2.24) is 4.90 Å². The van der Waals surface area contributed by atoms with Crippen LogP contribution in [-0.2, 0) is 22.5 Å². The zero-order chi connectivity index (χ0) is 16.8. The summed E-state index contributed by atoms with van der Waals surface area (Å²) < 4.78 is 5.04. The molecule has 0 aliphatic carbocycles. The summed E-state index contributed by atoms with van der Waals surface area (Å²) in [6, 6.07) is 11.8. The van der Waals surface area contributed by atoms with Crippen LogP contribution in [-0.4, -0.2) is 24.5 Å². The number of carbonyl (C=O) groups is 1. The van der Waals surface area contributed by atoms with Gasteiger partial charge in [0, 0.05) is 22.8 Å². The van der Waals surface area contributed by atoms with Gasteiger partial charge in [0.2, 0.25) is 0 Å². The molecule has 23 heavy (non-hydrogen) atoms. The predicted octanol–water partition coefficient (Wildman–Crippen LogP) is 4.36. The molecule has 0 N–H and O–H groups in total. The van der Waals surface area contributed by atoms with Crippen molar-refractivity contribution in [1.29, 1.82) is 0 Å². The minimum Gasteiger partial charge on any atom is -0.468 e. The van der Waals surface area contributed by atoms with Crippen LogP contribution in [0.15, 0.2) is 36.4 Å². The fourth-order valence-corrected chi connectivity index (χ4v) is 4.00. The fraction of sp³-hybridized carbons (Fsp3) is 0.421. The molecule has 0 fully saturated rings. The van der Waals surface area contributed by atoms with Gasteiger partial charge < -0.3 is 4.74 Å². The van der Waals surface area contributed by atoms with Gasteiger partial charge in [-0.2, -0.15) is 0 Å². The van der Waals surface area contributed by atoms with E-state index < -0.39 is 0 Å². The average Bonchev–Trinajstić information content (AvgIpc) is 2.97. The highest BCUT2D eigenvalue weighted by Crippen LogP contribution is 2.32. The monoisotopic (exact) mass is 331 g/mol. The lowest BCUT2D eigenvalue weighted by atomic mass is 10.0. The summed E-state index contributed by atoms with van der Waals surface area (Å²) >= 11 is 1.87. The number of fused-ring (bicyclic) bond motifs is 1. The summed E-state index contributed by atoms with van der Waals surface area (Å²) in [5, 5.41) is 0. The molecular weight excluding hydrogens is 306 g/mol. The van der Waals surface area contributed by atoms with E-state index in [1.54, 1.807) is 0 Å². The fourth-order valence-electron chi connectivity index (χ4n) is 2.97. The zero-order valence-corrected chi connectivity index (χ0v) is 15.2. The molecule has 0 saturated heterocycles. The van der Waals surface area contributed by atoms with Crippen LogP contribution in [0, 0.1) is 6.92 Å². The van der Waals surface area contributed by atoms with Crippen LogP contribution >= 0.6 is 11.3 Å². The molecule has 0 spiro atoms. The number of benzene rings is 1. The van der Waals surface area contributed by atoms with Crippen molar-refractivity contribution >= 4 is 17.3 Å². The topological polar surface area (TPSA) is 29.5 Å². The Hall–Kier alpha value is -1.65. The third kappa shape index (κ3) is 4.01. The second kappa shape index (κ2) is 8.27. The number of aryl methyl sites for hydroxylation is 1. The van der Waals surface area contributed by atoms with Crippen molar-refractivity contribution in [3.8, 4) is 0 Å². The maximum absolute atomic E-state index is 12.3. The Morgan fingerprint density at radius 1 is 1.26 bits per heavy atom. The van der Waals surface area contributed by atoms with E-state index in [2.05, 4.69) is 17.9 Å². The Bertz CT molecular complexity index is 636. The molecule has 1 atom stereocenters. The number of esters is 1. The third-order valence-electron chi connectivity index (χ3n) is 3.92. The van der Waals surface area contributed by atoms with Crippen molar-refractivity contribution in [2.45, 2.75) is 39.8 Å². The van der Waals surface area contributed by atoms with Gasteiger partial charge in [0.25, 0.3) is 0 Å². The van der Waals surface area contributed by atoms with Crippen LogP contribution in [0.1, 0.15) is 40.8 Å². The summed E-state index contributed by atoms with van der Waals surface area (Å²) in [5.41, 5.74) is 2.35. The lowest BCUT2D eigenvalue weighted by molar-refractivity contribution is -0.147. The second-order valence-corrected chi connectivity index (χ2v) is 6.70. The van der Waals surface area contributed by atoms with Gasteiger partial charge in [-0.15, -0.1) is 11.3 Å². The van der Waals surface area contributed by atoms with Gasteiger partial charge in [-0.1, -0.05) is 44.2 Å². The van der Waals surface area contributed by atoms with E-state index in [0.29, 0.717) is 0 Å². The van der Waals surface area contributed by atoms with Gasteiger partial charge in [-0.05, 0) is 30.5 Å². The molecule has 1 aromatic heterocycles. The molecule has 1 aliphatic rings. The van der Waals surface area contributed by atoms with Crippen LogP contribution < -0.4 is 0 Å². The van der Waals surface area contributed by atoms with E-state index >= 15 is 0 Å². The van der Waals surface area contributed by atoms with Crippen LogP contribution in [0.2, 0.25) is 0 Å². The van der Waals surface area contributed by atoms with Crippen LogP contribution in [0.4, 0.5) is 0 Å². The van der Waals surface area contributed by atoms with Crippen LogP contribution in [0.3, 0.4) is 0 Å². The summed E-state index contributed by atoms with van der Waals surface area (Å²) in [4.78, 5) is 17.3. The average molecular weight is 331 g/mol. The van der Waals surface area contributed by atoms with E-state index in [0.717, 1.165) is 25.1 Å². The standard InChI is InChI=1S/C17H19NO2S.C2H6/c1-12-10-14-11-18(9-8-15(14)21-12)16(17(19)20-2)13-6-4-3-5-7-13;1-2/h3-7,10,16H,8-9,11H2,1-2H3;1-2H3/t16-;/m0./s1. The van der Waals surface area contributed by atoms with E-state index in [1.165, 1.54) is 22.4 Å². The SMILES string of the molecule is CC.COC(=O)[C@H](c1ccccc1)N1CCc2sc(C)cc2C1. The van der Waals surface area contributed by atoms with Crippen molar-refractivity contribution in [3.63, 3.8) is 0 Å². The van der Waals surface area contributed by atoms with Gasteiger partial charge in [0.15, 0.2) is 0 Å². The third-order valence-corrected chi connectivity index (χ3v) is 5.08. The highest BCUT2D eigenvalue weighted by molar-refractivity contribution is 7.12. The van der Waals surface area contributed by atoms with E-state index in [1.807, 2.05) is 55.5 Å². The van der Waals surface area contributed by atoms with Crippen molar-refractivity contribution < 1.29 is 9.53 Å². The van der Waals surface area contributed by atoms with E-state index in [9.17, 15) is 4.79 Å². The van der Waals surface area contributed by atoms with Gasteiger partial charge in [0.05, 0.1) is 7.11 Å². The number of methoxy groups -OCH3 is 1. The largest absolute Gasteiger partial charge is 0.468 e. The Morgan fingerprint density at radius 3 is 2.61 bits per heavy atom. The molecule has 0 radical (unpaired) electrons. The number of hydrogen-bond acceptors (Lipinski definition) is 4. The molecule has 2 aromatic rings. The smallest absolute Gasteiger partial charge is 0.327 e. The van der Waals surface area contributed by atoms with E-state index in [-0.39, 0.29) is 12.0 Å². The first-order valence-corrected chi connectivity index (χ1v) is 8.95. The first-order chi connectivity index (χ1) is 11.2. The molecule has 4 heteroatoms. The predicted molar refractivity (Wildman–Crippen MR) is 95.7 cm³/mol. The minimum atomic E-state index is -0.315. The quantitative estimate of drug-likeness (QED) is 0.783. The Balaban J connectivity index is 0.000000924. The maximum Gasteiger partial charge on any atom is 0.327 e. The first kappa shape index (κ1) is 17.7. The zero-order valence-electron chi connectivity index (χ0n) is 14.3. The summed E-state index contributed by atoms with van der Waals surface area (Å²) in [6.45, 7) is 7.85. The summed E-state index contributed by atoms with van der Waals surface area (Å²) in [6.07, 6.45) is 1.01. The Kier molecular flexibility index (Phi) is 6.37. The minimum absolute atomic E-state index is 0.184. The van der Waals surface area contributed by atoms with Crippen molar-refractivity contribution in [2.24, 2.45) is 0 Å². The number of nitrogens with zero attached hydrogens (tertiary/aromatic N) is 1. The molecule has 2 heterocycles. The molecule has 0 bridgehead atoms. The number of ether oxygens (including phenoxy) is 1. The first-order valence-electron chi connectivity index (χ1n) is 8.14. The van der Waals surface area contributed by atoms with Crippen LogP contribution in [0.5, 0.6) is 0 Å². The lowest BCUT2D eigenvalue weighted by Gasteiger charge is -2.33. The molecule has 0 amide bonds.